The van der Waals surface area contributed by atoms with Gasteiger partial charge in [0.1, 0.15) is 11.1 Å². The number of thioether (sulfide) groups is 1. The molecule has 2 N–H and O–H groups in total. The first-order chi connectivity index (χ1) is 14.0. The maximum atomic E-state index is 13.5. The zero-order valence-corrected chi connectivity index (χ0v) is 17.0. The summed E-state index contributed by atoms with van der Waals surface area (Å²) in [5.41, 5.74) is 6.06. The summed E-state index contributed by atoms with van der Waals surface area (Å²) in [7, 11) is 0. The molecule has 1 aliphatic heterocycles. The number of aryl methyl sites for hydroxylation is 2. The molecule has 29 heavy (non-hydrogen) atoms. The van der Waals surface area contributed by atoms with Crippen molar-refractivity contribution in [3.8, 4) is 0 Å². The van der Waals surface area contributed by atoms with Gasteiger partial charge in [0.25, 0.3) is 0 Å². The first-order valence-corrected chi connectivity index (χ1v) is 10.4. The van der Waals surface area contributed by atoms with Gasteiger partial charge in [0.2, 0.25) is 11.1 Å². The van der Waals surface area contributed by atoms with Crippen molar-refractivity contribution in [2.24, 2.45) is 0 Å². The number of benzene rings is 2. The average Bonchev–Trinajstić information content (AvgIpc) is 3.11. The molecule has 0 radical (unpaired) electrons. The van der Waals surface area contributed by atoms with Gasteiger partial charge in [-0.25, -0.2) is 9.07 Å². The van der Waals surface area contributed by atoms with Crippen molar-refractivity contribution < 1.29 is 9.18 Å². The Hall–Kier alpha value is -2.87. The van der Waals surface area contributed by atoms with Crippen LogP contribution in [0.3, 0.4) is 0 Å². The standard InChI is InChI=1S/C21H22FN5OS/c1-3-4-17-24-25-21-27(17)26-18(14-7-9-15(22)10-8-14)19(29-21)20(28)23-16-11-5-13(2)6-12-16/h5-12,18-19,26H,3-4H2,1-2H3,(H,23,28)/t18-,19-/m0/s1. The van der Waals surface area contributed by atoms with Crippen LogP contribution >= 0.6 is 11.8 Å². The molecule has 0 aliphatic carbocycles. The van der Waals surface area contributed by atoms with Crippen LogP contribution < -0.4 is 10.7 Å². The molecule has 0 fully saturated rings. The molecule has 1 amide bonds. The lowest BCUT2D eigenvalue weighted by Gasteiger charge is -2.33. The van der Waals surface area contributed by atoms with E-state index in [0.717, 1.165) is 35.5 Å². The minimum Gasteiger partial charge on any atom is -0.325 e. The minimum absolute atomic E-state index is 0.146. The number of nitrogens with one attached hydrogen (secondary N) is 2. The van der Waals surface area contributed by atoms with Gasteiger partial charge in [0.05, 0.1) is 6.04 Å². The van der Waals surface area contributed by atoms with E-state index in [1.807, 2.05) is 35.9 Å². The van der Waals surface area contributed by atoms with Gasteiger partial charge in [0.15, 0.2) is 5.82 Å². The summed E-state index contributed by atoms with van der Waals surface area (Å²) in [4.78, 5) is 13.1. The second kappa shape index (κ2) is 8.24. The summed E-state index contributed by atoms with van der Waals surface area (Å²) in [5, 5.41) is 11.6. The molecule has 150 valence electrons. The Morgan fingerprint density at radius 2 is 1.90 bits per heavy atom. The minimum atomic E-state index is -0.493. The summed E-state index contributed by atoms with van der Waals surface area (Å²) in [6.07, 6.45) is 1.71. The van der Waals surface area contributed by atoms with E-state index in [9.17, 15) is 9.18 Å². The van der Waals surface area contributed by atoms with Crippen molar-refractivity contribution in [2.45, 2.75) is 43.1 Å². The van der Waals surface area contributed by atoms with Crippen molar-refractivity contribution in [1.29, 1.82) is 0 Å². The fraction of sp³-hybridized carbons (Fsp3) is 0.286. The van der Waals surface area contributed by atoms with Gasteiger partial charge in [0, 0.05) is 12.1 Å². The second-order valence-corrected chi connectivity index (χ2v) is 8.14. The Balaban J connectivity index is 1.65. The molecule has 0 spiro atoms. The quantitative estimate of drug-likeness (QED) is 0.662. The summed E-state index contributed by atoms with van der Waals surface area (Å²) in [6, 6.07) is 13.5. The van der Waals surface area contributed by atoms with Crippen LogP contribution in [0.15, 0.2) is 53.7 Å². The highest BCUT2D eigenvalue weighted by Gasteiger charge is 2.37. The molecular formula is C21H22FN5OS. The number of halogens is 1. The molecule has 0 saturated carbocycles. The number of anilines is 1. The first-order valence-electron chi connectivity index (χ1n) is 9.55. The third kappa shape index (κ3) is 4.12. The van der Waals surface area contributed by atoms with Gasteiger partial charge < -0.3 is 10.7 Å². The maximum Gasteiger partial charge on any atom is 0.240 e. The molecule has 6 nitrogen and oxygen atoms in total. The van der Waals surface area contributed by atoms with Gasteiger partial charge in [-0.1, -0.05) is 48.5 Å². The SMILES string of the molecule is CCCc1nnc2n1N[C@@H](c1ccc(F)cc1)[C@@H](C(=O)Nc1ccc(C)cc1)S2. The number of hydrogen-bond donors (Lipinski definition) is 2. The Kier molecular flexibility index (Phi) is 5.53. The normalized spacial score (nSPS) is 18.0. The lowest BCUT2D eigenvalue weighted by Crippen LogP contribution is -2.41. The van der Waals surface area contributed by atoms with Crippen LogP contribution in [-0.2, 0) is 11.2 Å². The number of amides is 1. The predicted octanol–water partition coefficient (Wildman–Crippen LogP) is 4.08. The molecule has 3 aromatic rings. The van der Waals surface area contributed by atoms with E-state index in [0.29, 0.717) is 5.16 Å². The Labute approximate surface area is 172 Å². The van der Waals surface area contributed by atoms with E-state index in [1.54, 1.807) is 12.1 Å². The number of carbonyl (C=O) groups is 1. The van der Waals surface area contributed by atoms with E-state index in [2.05, 4.69) is 27.9 Å². The van der Waals surface area contributed by atoms with Crippen molar-refractivity contribution in [2.75, 3.05) is 10.7 Å². The zero-order valence-electron chi connectivity index (χ0n) is 16.2. The van der Waals surface area contributed by atoms with Crippen molar-refractivity contribution in [3.63, 3.8) is 0 Å². The van der Waals surface area contributed by atoms with Crippen LogP contribution in [0.5, 0.6) is 0 Å². The molecule has 1 aromatic heterocycles. The highest BCUT2D eigenvalue weighted by molar-refractivity contribution is 8.00. The maximum absolute atomic E-state index is 13.5. The molecule has 0 unspecified atom stereocenters. The molecule has 0 saturated heterocycles. The van der Waals surface area contributed by atoms with Crippen molar-refractivity contribution >= 4 is 23.4 Å². The van der Waals surface area contributed by atoms with Gasteiger partial charge >= 0.3 is 0 Å². The summed E-state index contributed by atoms with van der Waals surface area (Å²) in [5.74, 6) is 0.362. The number of rotatable bonds is 5. The van der Waals surface area contributed by atoms with Gasteiger partial charge in [-0.3, -0.25) is 4.79 Å². The van der Waals surface area contributed by atoms with E-state index in [1.165, 1.54) is 23.9 Å². The highest BCUT2D eigenvalue weighted by atomic mass is 32.2. The lowest BCUT2D eigenvalue weighted by molar-refractivity contribution is -0.116. The first kappa shape index (κ1) is 19.4. The van der Waals surface area contributed by atoms with Crippen LogP contribution in [-0.4, -0.2) is 26.0 Å². The topological polar surface area (TPSA) is 71.8 Å². The van der Waals surface area contributed by atoms with Gasteiger partial charge in [-0.2, -0.15) is 0 Å². The van der Waals surface area contributed by atoms with E-state index < -0.39 is 5.25 Å². The van der Waals surface area contributed by atoms with E-state index in [-0.39, 0.29) is 17.8 Å². The summed E-state index contributed by atoms with van der Waals surface area (Å²) >= 11 is 1.36. The third-order valence-corrected chi connectivity index (χ3v) is 6.00. The molecule has 8 heteroatoms. The third-order valence-electron chi connectivity index (χ3n) is 4.78. The zero-order chi connectivity index (χ0) is 20.4. The number of carbonyl (C=O) groups excluding carboxylic acids is 1. The lowest BCUT2D eigenvalue weighted by atomic mass is 10.0. The molecule has 1 aliphatic rings. The van der Waals surface area contributed by atoms with Crippen LogP contribution in [0.2, 0.25) is 0 Å². The summed E-state index contributed by atoms with van der Waals surface area (Å²) < 4.78 is 15.3. The van der Waals surface area contributed by atoms with Crippen molar-refractivity contribution in [1.82, 2.24) is 14.9 Å². The number of aromatic nitrogens is 3. The molecular weight excluding hydrogens is 389 g/mol. The number of fused-ring (bicyclic) bond motifs is 1. The fourth-order valence-corrected chi connectivity index (χ4v) is 4.35. The Morgan fingerprint density at radius 3 is 2.59 bits per heavy atom. The fourth-order valence-electron chi connectivity index (χ4n) is 3.25. The van der Waals surface area contributed by atoms with Crippen LogP contribution in [0.1, 0.15) is 36.3 Å². The molecule has 0 bridgehead atoms. The highest BCUT2D eigenvalue weighted by Crippen LogP contribution is 2.37. The van der Waals surface area contributed by atoms with E-state index in [4.69, 9.17) is 0 Å². The van der Waals surface area contributed by atoms with Crippen LogP contribution in [0.4, 0.5) is 10.1 Å². The smallest absolute Gasteiger partial charge is 0.240 e. The Bertz CT molecular complexity index is 1000. The Morgan fingerprint density at radius 1 is 1.17 bits per heavy atom. The van der Waals surface area contributed by atoms with Crippen LogP contribution in [0.25, 0.3) is 0 Å². The average molecular weight is 412 g/mol. The van der Waals surface area contributed by atoms with Gasteiger partial charge in [-0.05, 0) is 43.2 Å². The molecule has 4 rings (SSSR count). The van der Waals surface area contributed by atoms with Gasteiger partial charge in [-0.15, -0.1) is 10.2 Å². The molecule has 2 atom stereocenters. The monoisotopic (exact) mass is 411 g/mol. The molecule has 2 aromatic carbocycles. The molecule has 2 heterocycles. The van der Waals surface area contributed by atoms with E-state index >= 15 is 0 Å². The van der Waals surface area contributed by atoms with Crippen LogP contribution in [0, 0.1) is 12.7 Å². The predicted molar refractivity (Wildman–Crippen MR) is 112 cm³/mol. The van der Waals surface area contributed by atoms with Crippen molar-refractivity contribution in [3.05, 3.63) is 71.3 Å². The summed E-state index contributed by atoms with van der Waals surface area (Å²) in [6.45, 7) is 4.07. The number of nitrogens with zero attached hydrogens (tertiary/aromatic N) is 3. The largest absolute Gasteiger partial charge is 0.325 e. The number of hydrogen-bond acceptors (Lipinski definition) is 5. The second-order valence-electron chi connectivity index (χ2n) is 7.04.